The summed E-state index contributed by atoms with van der Waals surface area (Å²) in [5.41, 5.74) is 1.31. The minimum Gasteiger partial charge on any atom is -0.348 e. The van der Waals surface area contributed by atoms with E-state index in [0.29, 0.717) is 11.4 Å². The number of amides is 1. The highest BCUT2D eigenvalue weighted by Gasteiger charge is 2.07. The number of nitrogens with one attached hydrogen (secondary N) is 1. The Morgan fingerprint density at radius 3 is 2.96 bits per heavy atom. The van der Waals surface area contributed by atoms with Gasteiger partial charge in [0.25, 0.3) is 5.69 Å². The fourth-order valence-corrected chi connectivity index (χ4v) is 2.25. The Balaban J connectivity index is 1.65. The third-order valence-corrected chi connectivity index (χ3v) is 3.46. The van der Waals surface area contributed by atoms with Gasteiger partial charge in [0.1, 0.15) is 12.7 Å². The molecule has 2 aromatic heterocycles. The normalized spacial score (nSPS) is 10.8. The zero-order chi connectivity index (χ0) is 18.4. The molecule has 1 N–H and O–H groups in total. The quantitative estimate of drug-likeness (QED) is 0.412. The summed E-state index contributed by atoms with van der Waals surface area (Å²) in [5, 5.41) is 17.5. The summed E-state index contributed by atoms with van der Waals surface area (Å²) in [6.45, 7) is 0.251. The number of nitro benzene ring substituents is 1. The van der Waals surface area contributed by atoms with E-state index in [1.165, 1.54) is 41.6 Å². The van der Waals surface area contributed by atoms with Gasteiger partial charge in [0.05, 0.1) is 4.92 Å². The molecule has 1 amide bonds. The topological polar surface area (TPSA) is 116 Å². The third kappa shape index (κ3) is 4.15. The summed E-state index contributed by atoms with van der Waals surface area (Å²) in [7, 11) is 0. The molecule has 9 nitrogen and oxygen atoms in total. The highest BCUT2D eigenvalue weighted by molar-refractivity contribution is 5.91. The molecule has 9 heteroatoms. The minimum atomic E-state index is -0.481. The third-order valence-electron chi connectivity index (χ3n) is 3.46. The number of hydrogen-bond acceptors (Lipinski definition) is 6. The zero-order valence-electron chi connectivity index (χ0n) is 13.5. The van der Waals surface area contributed by atoms with Crippen molar-refractivity contribution in [3.05, 3.63) is 82.6 Å². The Labute approximate surface area is 148 Å². The lowest BCUT2D eigenvalue weighted by Crippen LogP contribution is -2.21. The Bertz CT molecular complexity index is 953. The molecule has 0 aliphatic carbocycles. The van der Waals surface area contributed by atoms with Crippen molar-refractivity contribution in [3.8, 4) is 5.82 Å². The van der Waals surface area contributed by atoms with Crippen molar-refractivity contribution < 1.29 is 9.72 Å². The predicted molar refractivity (Wildman–Crippen MR) is 93.1 cm³/mol. The van der Waals surface area contributed by atoms with Crippen molar-refractivity contribution in [1.29, 1.82) is 0 Å². The Kier molecular flexibility index (Phi) is 5.08. The molecular formula is C17H14N6O3. The molecule has 0 radical (unpaired) electrons. The summed E-state index contributed by atoms with van der Waals surface area (Å²) in [5.74, 6) is 0.248. The number of aromatic nitrogens is 4. The monoisotopic (exact) mass is 350 g/mol. The van der Waals surface area contributed by atoms with Crippen LogP contribution in [0.5, 0.6) is 0 Å². The molecule has 130 valence electrons. The molecule has 0 saturated carbocycles. The van der Waals surface area contributed by atoms with Gasteiger partial charge in [-0.15, -0.1) is 0 Å². The first-order valence-corrected chi connectivity index (χ1v) is 7.63. The molecular weight excluding hydrogens is 336 g/mol. The van der Waals surface area contributed by atoms with Gasteiger partial charge in [0, 0.05) is 36.5 Å². The van der Waals surface area contributed by atoms with E-state index in [4.69, 9.17) is 0 Å². The van der Waals surface area contributed by atoms with Crippen molar-refractivity contribution >= 4 is 17.7 Å². The lowest BCUT2D eigenvalue weighted by Gasteiger charge is -2.08. The number of rotatable bonds is 6. The van der Waals surface area contributed by atoms with Crippen molar-refractivity contribution in [2.75, 3.05) is 0 Å². The second kappa shape index (κ2) is 7.79. The maximum atomic E-state index is 12.0. The molecule has 3 rings (SSSR count). The molecule has 2 heterocycles. The number of pyridine rings is 1. The van der Waals surface area contributed by atoms with Crippen LogP contribution in [0.3, 0.4) is 0 Å². The predicted octanol–water partition coefficient (Wildman–Crippen LogP) is 1.90. The summed E-state index contributed by atoms with van der Waals surface area (Å²) in [6, 6.07) is 9.63. The van der Waals surface area contributed by atoms with Crippen LogP contribution in [0.4, 0.5) is 5.69 Å². The molecule has 0 saturated heterocycles. The van der Waals surface area contributed by atoms with Crippen LogP contribution in [-0.4, -0.2) is 30.6 Å². The van der Waals surface area contributed by atoms with Crippen LogP contribution in [-0.2, 0) is 11.3 Å². The molecule has 0 bridgehead atoms. The van der Waals surface area contributed by atoms with Crippen LogP contribution in [0.15, 0.2) is 61.3 Å². The number of non-ortho nitro benzene ring substituents is 1. The molecule has 0 spiro atoms. The highest BCUT2D eigenvalue weighted by atomic mass is 16.6. The lowest BCUT2D eigenvalue weighted by molar-refractivity contribution is -0.384. The van der Waals surface area contributed by atoms with Crippen molar-refractivity contribution in [1.82, 2.24) is 25.1 Å². The van der Waals surface area contributed by atoms with Crippen molar-refractivity contribution in [2.45, 2.75) is 6.54 Å². The molecule has 1 aromatic carbocycles. The van der Waals surface area contributed by atoms with E-state index in [0.717, 1.165) is 5.56 Å². The Morgan fingerprint density at radius 2 is 2.19 bits per heavy atom. The van der Waals surface area contributed by atoms with Crippen LogP contribution < -0.4 is 5.32 Å². The maximum Gasteiger partial charge on any atom is 0.270 e. The van der Waals surface area contributed by atoms with E-state index >= 15 is 0 Å². The van der Waals surface area contributed by atoms with Crippen LogP contribution >= 0.6 is 0 Å². The summed E-state index contributed by atoms with van der Waals surface area (Å²) < 4.78 is 1.51. The summed E-state index contributed by atoms with van der Waals surface area (Å²) >= 11 is 0. The first-order valence-electron chi connectivity index (χ1n) is 7.63. The van der Waals surface area contributed by atoms with Gasteiger partial charge >= 0.3 is 0 Å². The SMILES string of the molecule is O=C(C=Cc1cccc([N+](=O)[O-])c1)NCc1cccnc1-n1cncn1. The molecule has 0 aliphatic heterocycles. The fraction of sp³-hybridized carbons (Fsp3) is 0.0588. The lowest BCUT2D eigenvalue weighted by atomic mass is 10.2. The fourth-order valence-electron chi connectivity index (χ4n) is 2.25. The van der Waals surface area contributed by atoms with E-state index in [1.807, 2.05) is 6.07 Å². The van der Waals surface area contributed by atoms with E-state index in [9.17, 15) is 14.9 Å². The van der Waals surface area contributed by atoms with Gasteiger partial charge in [-0.3, -0.25) is 14.9 Å². The number of hydrogen-bond donors (Lipinski definition) is 1. The largest absolute Gasteiger partial charge is 0.348 e. The number of carbonyl (C=O) groups is 1. The number of benzene rings is 1. The highest BCUT2D eigenvalue weighted by Crippen LogP contribution is 2.14. The molecule has 0 unspecified atom stereocenters. The Hall–Kier alpha value is -3.88. The molecule has 3 aromatic rings. The average Bonchev–Trinajstić information content (AvgIpc) is 3.19. The average molecular weight is 350 g/mol. The summed E-state index contributed by atoms with van der Waals surface area (Å²) in [4.78, 5) is 30.4. The number of carbonyl (C=O) groups excluding carboxylic acids is 1. The van der Waals surface area contributed by atoms with Gasteiger partial charge in [-0.2, -0.15) is 5.10 Å². The van der Waals surface area contributed by atoms with E-state index < -0.39 is 4.92 Å². The zero-order valence-corrected chi connectivity index (χ0v) is 13.5. The van der Waals surface area contributed by atoms with E-state index in [1.54, 1.807) is 24.4 Å². The number of nitro groups is 1. The van der Waals surface area contributed by atoms with Gasteiger partial charge in [0.2, 0.25) is 5.91 Å². The van der Waals surface area contributed by atoms with Crippen LogP contribution in [0.2, 0.25) is 0 Å². The maximum absolute atomic E-state index is 12.0. The van der Waals surface area contributed by atoms with Crippen LogP contribution in [0, 0.1) is 10.1 Å². The van der Waals surface area contributed by atoms with E-state index in [-0.39, 0.29) is 18.1 Å². The molecule has 0 aliphatic rings. The minimum absolute atomic E-state index is 0.0274. The van der Waals surface area contributed by atoms with Crippen LogP contribution in [0.25, 0.3) is 11.9 Å². The van der Waals surface area contributed by atoms with Gasteiger partial charge < -0.3 is 5.32 Å². The second-order valence-electron chi connectivity index (χ2n) is 5.23. The van der Waals surface area contributed by atoms with Crippen molar-refractivity contribution in [2.24, 2.45) is 0 Å². The number of nitrogens with zero attached hydrogens (tertiary/aromatic N) is 5. The standard InChI is InChI=1S/C17H14N6O3/c24-16(7-6-13-3-1-5-15(9-13)23(25)26)20-10-14-4-2-8-19-17(14)22-12-18-11-21-22/h1-9,11-12H,10H2,(H,20,24). The molecule has 0 atom stereocenters. The molecule has 26 heavy (non-hydrogen) atoms. The Morgan fingerprint density at radius 1 is 1.31 bits per heavy atom. The van der Waals surface area contributed by atoms with E-state index in [2.05, 4.69) is 20.4 Å². The molecule has 0 fully saturated rings. The smallest absolute Gasteiger partial charge is 0.270 e. The van der Waals surface area contributed by atoms with Gasteiger partial charge in [-0.1, -0.05) is 18.2 Å². The summed E-state index contributed by atoms with van der Waals surface area (Å²) in [6.07, 6.45) is 7.40. The van der Waals surface area contributed by atoms with Gasteiger partial charge in [0.15, 0.2) is 5.82 Å². The second-order valence-corrected chi connectivity index (χ2v) is 5.23. The van der Waals surface area contributed by atoms with Gasteiger partial charge in [-0.25, -0.2) is 14.6 Å². The van der Waals surface area contributed by atoms with Crippen molar-refractivity contribution in [3.63, 3.8) is 0 Å². The van der Waals surface area contributed by atoms with Gasteiger partial charge in [-0.05, 0) is 17.7 Å². The van der Waals surface area contributed by atoms with Crippen LogP contribution in [0.1, 0.15) is 11.1 Å². The first-order chi connectivity index (χ1) is 12.6. The first kappa shape index (κ1) is 17.0.